The molecule has 4 aromatic rings. The van der Waals surface area contributed by atoms with Crippen LogP contribution in [0.2, 0.25) is 5.02 Å². The summed E-state index contributed by atoms with van der Waals surface area (Å²) in [5.41, 5.74) is 4.35. The minimum Gasteiger partial charge on any atom is -0.508 e. The molecule has 112 valence electrons. The van der Waals surface area contributed by atoms with Gasteiger partial charge >= 0.3 is 0 Å². The van der Waals surface area contributed by atoms with Crippen molar-refractivity contribution in [2.75, 3.05) is 0 Å². The monoisotopic (exact) mass is 321 g/mol. The molecule has 0 aliphatic carbocycles. The molecule has 0 bridgehead atoms. The molecule has 0 spiro atoms. The van der Waals surface area contributed by atoms with Crippen LogP contribution in [0.3, 0.4) is 0 Å². The fourth-order valence-corrected chi connectivity index (χ4v) is 2.66. The number of phenolic OH excluding ortho intramolecular Hbond substituents is 1. The maximum atomic E-state index is 9.69. The van der Waals surface area contributed by atoms with Crippen LogP contribution in [0.4, 0.5) is 0 Å². The van der Waals surface area contributed by atoms with E-state index < -0.39 is 0 Å². The summed E-state index contributed by atoms with van der Waals surface area (Å²) < 4.78 is 1.96. The summed E-state index contributed by atoms with van der Waals surface area (Å²) in [5, 5.41) is 10.4. The zero-order chi connectivity index (χ0) is 15.8. The van der Waals surface area contributed by atoms with Gasteiger partial charge in [-0.15, -0.1) is 0 Å². The highest BCUT2D eigenvalue weighted by atomic mass is 35.5. The molecular formula is C18H12ClN3O. The van der Waals surface area contributed by atoms with Gasteiger partial charge in [0.1, 0.15) is 5.75 Å². The summed E-state index contributed by atoms with van der Waals surface area (Å²) in [6, 6.07) is 14.7. The second kappa shape index (κ2) is 5.41. The molecule has 2 heterocycles. The van der Waals surface area contributed by atoms with Gasteiger partial charge in [0.2, 0.25) is 0 Å². The topological polar surface area (TPSA) is 50.4 Å². The quantitative estimate of drug-likeness (QED) is 0.594. The van der Waals surface area contributed by atoms with Gasteiger partial charge in [-0.1, -0.05) is 35.9 Å². The average molecular weight is 322 g/mol. The Hall–Kier alpha value is -2.85. The van der Waals surface area contributed by atoms with Gasteiger partial charge < -0.3 is 5.11 Å². The van der Waals surface area contributed by atoms with Crippen molar-refractivity contribution in [3.8, 4) is 28.3 Å². The van der Waals surface area contributed by atoms with Crippen molar-refractivity contribution < 1.29 is 5.11 Å². The van der Waals surface area contributed by atoms with Crippen molar-refractivity contribution in [3.05, 3.63) is 72.1 Å². The van der Waals surface area contributed by atoms with Crippen LogP contribution in [-0.4, -0.2) is 19.5 Å². The van der Waals surface area contributed by atoms with Gasteiger partial charge in [-0.05, 0) is 24.3 Å². The van der Waals surface area contributed by atoms with Gasteiger partial charge in [0.15, 0.2) is 5.65 Å². The van der Waals surface area contributed by atoms with Crippen LogP contribution < -0.4 is 0 Å². The Kier molecular flexibility index (Phi) is 3.24. The van der Waals surface area contributed by atoms with Crippen LogP contribution in [0, 0.1) is 0 Å². The Balaban J connectivity index is 1.88. The van der Waals surface area contributed by atoms with Gasteiger partial charge in [-0.25, -0.2) is 4.98 Å². The van der Waals surface area contributed by atoms with Crippen molar-refractivity contribution in [2.24, 2.45) is 0 Å². The molecule has 2 aromatic heterocycles. The van der Waals surface area contributed by atoms with Crippen LogP contribution in [0.5, 0.6) is 5.75 Å². The molecule has 0 saturated heterocycles. The number of hydrogen-bond acceptors (Lipinski definition) is 3. The molecule has 4 nitrogen and oxygen atoms in total. The van der Waals surface area contributed by atoms with E-state index in [4.69, 9.17) is 11.6 Å². The largest absolute Gasteiger partial charge is 0.508 e. The first-order chi connectivity index (χ1) is 11.2. The zero-order valence-electron chi connectivity index (χ0n) is 12.0. The number of imidazole rings is 1. The number of fused-ring (bicyclic) bond motifs is 1. The average Bonchev–Trinajstić information content (AvgIpc) is 2.98. The molecule has 0 aliphatic rings. The number of rotatable bonds is 2. The van der Waals surface area contributed by atoms with Crippen LogP contribution in [-0.2, 0) is 0 Å². The van der Waals surface area contributed by atoms with Crippen molar-refractivity contribution >= 4 is 17.2 Å². The molecule has 0 radical (unpaired) electrons. The number of phenols is 1. The number of benzene rings is 2. The van der Waals surface area contributed by atoms with Crippen molar-refractivity contribution in [1.82, 2.24) is 14.4 Å². The fraction of sp³-hybridized carbons (Fsp3) is 0. The summed E-state index contributed by atoms with van der Waals surface area (Å²) in [4.78, 5) is 8.83. The maximum absolute atomic E-state index is 9.69. The van der Waals surface area contributed by atoms with Crippen molar-refractivity contribution in [1.29, 1.82) is 0 Å². The third-order valence-electron chi connectivity index (χ3n) is 3.68. The molecule has 1 N–H and O–H groups in total. The predicted molar refractivity (Wildman–Crippen MR) is 90.5 cm³/mol. The Morgan fingerprint density at radius 1 is 0.913 bits per heavy atom. The second-order valence-electron chi connectivity index (χ2n) is 5.20. The number of aromatic hydroxyl groups is 1. The van der Waals surface area contributed by atoms with E-state index in [9.17, 15) is 5.11 Å². The number of aromatic nitrogens is 3. The summed E-state index contributed by atoms with van der Waals surface area (Å²) in [6.07, 6.45) is 5.44. The van der Waals surface area contributed by atoms with Crippen LogP contribution >= 0.6 is 11.6 Å². The summed E-state index contributed by atoms with van der Waals surface area (Å²) in [5.74, 6) is 0.226. The van der Waals surface area contributed by atoms with E-state index in [1.807, 2.05) is 47.0 Å². The third-order valence-corrected chi connectivity index (χ3v) is 3.93. The molecule has 0 aliphatic heterocycles. The summed E-state index contributed by atoms with van der Waals surface area (Å²) in [7, 11) is 0. The summed E-state index contributed by atoms with van der Waals surface area (Å²) >= 11 is 5.94. The Morgan fingerprint density at radius 2 is 1.74 bits per heavy atom. The molecule has 0 fully saturated rings. The lowest BCUT2D eigenvalue weighted by Crippen LogP contribution is -1.92. The molecular weight excluding hydrogens is 310 g/mol. The minimum atomic E-state index is 0.226. The normalized spacial score (nSPS) is 11.0. The lowest BCUT2D eigenvalue weighted by molar-refractivity contribution is 0.475. The SMILES string of the molecule is Oc1cccc(-c2cnc3cnc(-c4ccc(Cl)cc4)cn23)c1. The highest BCUT2D eigenvalue weighted by molar-refractivity contribution is 6.30. The highest BCUT2D eigenvalue weighted by Crippen LogP contribution is 2.26. The Labute approximate surface area is 137 Å². The van der Waals surface area contributed by atoms with Gasteiger partial charge in [0.05, 0.1) is 23.8 Å². The fourth-order valence-electron chi connectivity index (χ4n) is 2.54. The highest BCUT2D eigenvalue weighted by Gasteiger charge is 2.09. The van der Waals surface area contributed by atoms with E-state index in [-0.39, 0.29) is 5.75 Å². The first-order valence-electron chi connectivity index (χ1n) is 7.09. The van der Waals surface area contributed by atoms with Crippen LogP contribution in [0.25, 0.3) is 28.2 Å². The molecule has 0 amide bonds. The standard InChI is InChI=1S/C18H12ClN3O/c19-14-6-4-12(5-7-14)16-11-22-17(9-21-18(22)10-20-16)13-2-1-3-15(23)8-13/h1-11,23H. The van der Waals surface area contributed by atoms with Gasteiger partial charge in [0, 0.05) is 22.3 Å². The van der Waals surface area contributed by atoms with E-state index in [1.165, 1.54) is 0 Å². The third kappa shape index (κ3) is 2.53. The number of halogens is 1. The molecule has 0 unspecified atom stereocenters. The van der Waals surface area contributed by atoms with Gasteiger partial charge in [-0.3, -0.25) is 9.38 Å². The van der Waals surface area contributed by atoms with E-state index in [0.29, 0.717) is 5.02 Å². The van der Waals surface area contributed by atoms with Gasteiger partial charge in [-0.2, -0.15) is 0 Å². The number of nitrogens with zero attached hydrogens (tertiary/aromatic N) is 3. The number of hydrogen-bond donors (Lipinski definition) is 1. The zero-order valence-corrected chi connectivity index (χ0v) is 12.8. The van der Waals surface area contributed by atoms with Crippen molar-refractivity contribution in [2.45, 2.75) is 0 Å². The van der Waals surface area contributed by atoms with Crippen molar-refractivity contribution in [3.63, 3.8) is 0 Å². The molecule has 23 heavy (non-hydrogen) atoms. The first kappa shape index (κ1) is 13.8. The lowest BCUT2D eigenvalue weighted by atomic mass is 10.1. The summed E-state index contributed by atoms with van der Waals surface area (Å²) in [6.45, 7) is 0. The molecule has 2 aromatic carbocycles. The minimum absolute atomic E-state index is 0.226. The van der Waals surface area contributed by atoms with Gasteiger partial charge in [0.25, 0.3) is 0 Å². The molecule has 5 heteroatoms. The second-order valence-corrected chi connectivity index (χ2v) is 5.64. The Bertz CT molecular complexity index is 993. The van der Waals surface area contributed by atoms with E-state index in [0.717, 1.165) is 28.2 Å². The molecule has 0 saturated carbocycles. The van der Waals surface area contributed by atoms with Crippen LogP contribution in [0.1, 0.15) is 0 Å². The smallest absolute Gasteiger partial charge is 0.155 e. The molecule has 0 atom stereocenters. The van der Waals surface area contributed by atoms with Crippen LogP contribution in [0.15, 0.2) is 67.1 Å². The van der Waals surface area contributed by atoms with E-state index in [1.54, 1.807) is 24.5 Å². The van der Waals surface area contributed by atoms with E-state index in [2.05, 4.69) is 9.97 Å². The molecule has 4 rings (SSSR count). The predicted octanol–water partition coefficient (Wildman–Crippen LogP) is 4.42. The Morgan fingerprint density at radius 3 is 2.52 bits per heavy atom. The lowest BCUT2D eigenvalue weighted by Gasteiger charge is -2.05. The maximum Gasteiger partial charge on any atom is 0.155 e. The van der Waals surface area contributed by atoms with E-state index >= 15 is 0 Å². The first-order valence-corrected chi connectivity index (χ1v) is 7.47.